The van der Waals surface area contributed by atoms with Gasteiger partial charge in [0.2, 0.25) is 0 Å². The van der Waals surface area contributed by atoms with Crippen molar-refractivity contribution in [2.24, 2.45) is 0 Å². The second kappa shape index (κ2) is 6.75. The average molecular weight is 269 g/mol. The van der Waals surface area contributed by atoms with Crippen molar-refractivity contribution in [2.45, 2.75) is 18.9 Å². The van der Waals surface area contributed by atoms with E-state index >= 15 is 0 Å². The van der Waals surface area contributed by atoms with Gasteiger partial charge in [-0.2, -0.15) is 0 Å². The average Bonchev–Trinajstić information content (AvgIpc) is 2.49. The third-order valence-electron chi connectivity index (χ3n) is 3.35. The molecule has 2 aromatic carbocycles. The maximum absolute atomic E-state index is 11.5. The number of amides is 1. The van der Waals surface area contributed by atoms with Crippen LogP contribution in [0.3, 0.4) is 0 Å². The summed E-state index contributed by atoms with van der Waals surface area (Å²) in [5.74, 6) is 0.0940. The molecule has 1 atom stereocenters. The molecule has 2 aromatic rings. The minimum atomic E-state index is -0.408. The van der Waals surface area contributed by atoms with Crippen LogP contribution < -0.4 is 5.32 Å². The molecule has 3 nitrogen and oxygen atoms in total. The summed E-state index contributed by atoms with van der Waals surface area (Å²) in [6, 6.07) is 20.3. The van der Waals surface area contributed by atoms with Crippen LogP contribution >= 0.6 is 0 Å². The second-order valence-corrected chi connectivity index (χ2v) is 4.72. The van der Waals surface area contributed by atoms with Gasteiger partial charge in [-0.15, -0.1) is 0 Å². The Morgan fingerprint density at radius 2 is 1.40 bits per heavy atom. The molecule has 0 saturated carbocycles. The molecule has 104 valence electrons. The zero-order valence-corrected chi connectivity index (χ0v) is 11.7. The van der Waals surface area contributed by atoms with E-state index in [1.165, 1.54) is 18.2 Å². The smallest absolute Gasteiger partial charge is 0.407 e. The van der Waals surface area contributed by atoms with Crippen LogP contribution in [0.2, 0.25) is 0 Å². The van der Waals surface area contributed by atoms with Crippen LogP contribution in [0.25, 0.3) is 0 Å². The van der Waals surface area contributed by atoms with Gasteiger partial charge in [-0.25, -0.2) is 4.79 Å². The van der Waals surface area contributed by atoms with Crippen molar-refractivity contribution < 1.29 is 9.53 Å². The van der Waals surface area contributed by atoms with E-state index in [9.17, 15) is 4.79 Å². The van der Waals surface area contributed by atoms with Gasteiger partial charge in [0.1, 0.15) is 0 Å². The first-order valence-corrected chi connectivity index (χ1v) is 6.66. The molecular weight excluding hydrogens is 250 g/mol. The minimum Gasteiger partial charge on any atom is -0.453 e. The summed E-state index contributed by atoms with van der Waals surface area (Å²) in [7, 11) is 1.38. The summed E-state index contributed by atoms with van der Waals surface area (Å²) in [6.07, 6.45) is -0.408. The lowest BCUT2D eigenvalue weighted by Crippen LogP contribution is -2.37. The molecule has 0 heterocycles. The SMILES string of the molecule is COC(=O)NC(C)C(c1ccccc1)c1ccccc1. The van der Waals surface area contributed by atoms with Crippen molar-refractivity contribution in [3.05, 3.63) is 71.8 Å². The maximum Gasteiger partial charge on any atom is 0.407 e. The van der Waals surface area contributed by atoms with Gasteiger partial charge in [-0.1, -0.05) is 60.7 Å². The molecule has 0 saturated heterocycles. The van der Waals surface area contributed by atoms with Crippen LogP contribution in [0.4, 0.5) is 4.79 Å². The quantitative estimate of drug-likeness (QED) is 0.921. The van der Waals surface area contributed by atoms with Crippen LogP contribution in [0.15, 0.2) is 60.7 Å². The Morgan fingerprint density at radius 1 is 0.950 bits per heavy atom. The number of hydrogen-bond acceptors (Lipinski definition) is 2. The van der Waals surface area contributed by atoms with E-state index in [2.05, 4.69) is 29.6 Å². The summed E-state index contributed by atoms with van der Waals surface area (Å²) in [5.41, 5.74) is 2.34. The summed E-state index contributed by atoms with van der Waals surface area (Å²) in [6.45, 7) is 1.99. The normalized spacial score (nSPS) is 11.9. The van der Waals surface area contributed by atoms with E-state index in [1.807, 2.05) is 43.3 Å². The van der Waals surface area contributed by atoms with Gasteiger partial charge < -0.3 is 10.1 Å². The Hall–Kier alpha value is -2.29. The Balaban J connectivity index is 2.32. The topological polar surface area (TPSA) is 38.3 Å². The summed E-state index contributed by atoms with van der Waals surface area (Å²) >= 11 is 0. The molecule has 0 aromatic heterocycles. The second-order valence-electron chi connectivity index (χ2n) is 4.72. The number of nitrogens with one attached hydrogen (secondary N) is 1. The van der Waals surface area contributed by atoms with E-state index < -0.39 is 6.09 Å². The Labute approximate surface area is 119 Å². The zero-order chi connectivity index (χ0) is 14.4. The van der Waals surface area contributed by atoms with Crippen LogP contribution in [0.1, 0.15) is 24.0 Å². The fourth-order valence-corrected chi connectivity index (χ4v) is 2.42. The van der Waals surface area contributed by atoms with Crippen molar-refractivity contribution in [3.63, 3.8) is 0 Å². The molecule has 2 rings (SSSR count). The standard InChI is InChI=1S/C17H19NO2/c1-13(18-17(19)20-2)16(14-9-5-3-6-10-14)15-11-7-4-8-12-15/h3-13,16H,1-2H3,(H,18,19). The number of benzene rings is 2. The Morgan fingerprint density at radius 3 is 1.80 bits per heavy atom. The van der Waals surface area contributed by atoms with Crippen molar-refractivity contribution in [3.8, 4) is 0 Å². The van der Waals surface area contributed by atoms with Gasteiger partial charge >= 0.3 is 6.09 Å². The first-order chi connectivity index (χ1) is 9.72. The third-order valence-corrected chi connectivity index (χ3v) is 3.35. The minimum absolute atomic E-state index is 0.0627. The van der Waals surface area contributed by atoms with Crippen LogP contribution in [0, 0.1) is 0 Å². The first kappa shape index (κ1) is 14.1. The molecule has 0 aliphatic heterocycles. The van der Waals surface area contributed by atoms with Crippen molar-refractivity contribution >= 4 is 6.09 Å². The van der Waals surface area contributed by atoms with Gasteiger partial charge in [-0.05, 0) is 18.1 Å². The van der Waals surface area contributed by atoms with Gasteiger partial charge in [-0.3, -0.25) is 0 Å². The summed E-state index contributed by atoms with van der Waals surface area (Å²) in [5, 5.41) is 2.87. The highest BCUT2D eigenvalue weighted by atomic mass is 16.5. The van der Waals surface area contributed by atoms with Crippen LogP contribution in [-0.4, -0.2) is 19.2 Å². The predicted octanol–water partition coefficient (Wildman–Crippen LogP) is 3.56. The van der Waals surface area contributed by atoms with E-state index in [0.717, 1.165) is 0 Å². The highest BCUT2D eigenvalue weighted by Crippen LogP contribution is 2.27. The molecule has 1 amide bonds. The number of ether oxygens (including phenoxy) is 1. The molecule has 0 aliphatic carbocycles. The molecule has 0 spiro atoms. The molecule has 0 radical (unpaired) electrons. The third kappa shape index (κ3) is 3.38. The van der Waals surface area contributed by atoms with Crippen molar-refractivity contribution in [1.82, 2.24) is 5.32 Å². The number of carbonyl (C=O) groups is 1. The van der Waals surface area contributed by atoms with E-state index in [1.54, 1.807) is 0 Å². The molecule has 1 unspecified atom stereocenters. The van der Waals surface area contributed by atoms with Gasteiger partial charge in [0, 0.05) is 12.0 Å². The van der Waals surface area contributed by atoms with Crippen LogP contribution in [-0.2, 0) is 4.74 Å². The fourth-order valence-electron chi connectivity index (χ4n) is 2.42. The van der Waals surface area contributed by atoms with Gasteiger partial charge in [0.15, 0.2) is 0 Å². The molecule has 0 fully saturated rings. The maximum atomic E-state index is 11.5. The number of methoxy groups -OCH3 is 1. The fraction of sp³-hybridized carbons (Fsp3) is 0.235. The molecule has 1 N–H and O–H groups in total. The lowest BCUT2D eigenvalue weighted by molar-refractivity contribution is 0.166. The largest absolute Gasteiger partial charge is 0.453 e. The van der Waals surface area contributed by atoms with Crippen molar-refractivity contribution in [1.29, 1.82) is 0 Å². The summed E-state index contributed by atoms with van der Waals surface area (Å²) in [4.78, 5) is 11.5. The van der Waals surface area contributed by atoms with Gasteiger partial charge in [0.25, 0.3) is 0 Å². The Bertz CT molecular complexity index is 500. The molecule has 20 heavy (non-hydrogen) atoms. The Kier molecular flexibility index (Phi) is 4.77. The zero-order valence-electron chi connectivity index (χ0n) is 11.7. The molecular formula is C17H19NO2. The van der Waals surface area contributed by atoms with Crippen LogP contribution in [0.5, 0.6) is 0 Å². The van der Waals surface area contributed by atoms with E-state index in [0.29, 0.717) is 0 Å². The number of rotatable bonds is 4. The highest BCUT2D eigenvalue weighted by molar-refractivity contribution is 5.67. The van der Waals surface area contributed by atoms with Gasteiger partial charge in [0.05, 0.1) is 7.11 Å². The number of hydrogen-bond donors (Lipinski definition) is 1. The first-order valence-electron chi connectivity index (χ1n) is 6.66. The van der Waals surface area contributed by atoms with Crippen molar-refractivity contribution in [2.75, 3.05) is 7.11 Å². The number of alkyl carbamates (subject to hydrolysis) is 1. The van der Waals surface area contributed by atoms with E-state index in [4.69, 9.17) is 4.74 Å². The molecule has 3 heteroatoms. The van der Waals surface area contributed by atoms with E-state index in [-0.39, 0.29) is 12.0 Å². The predicted molar refractivity (Wildman–Crippen MR) is 79.7 cm³/mol. The molecule has 0 aliphatic rings. The number of carbonyl (C=O) groups excluding carboxylic acids is 1. The lowest BCUT2D eigenvalue weighted by atomic mass is 9.86. The summed E-state index contributed by atoms with van der Waals surface area (Å²) < 4.78 is 4.69. The monoisotopic (exact) mass is 269 g/mol. The highest BCUT2D eigenvalue weighted by Gasteiger charge is 2.22. The molecule has 0 bridgehead atoms. The lowest BCUT2D eigenvalue weighted by Gasteiger charge is -2.25.